The van der Waals surface area contributed by atoms with E-state index in [0.717, 1.165) is 0 Å². The van der Waals surface area contributed by atoms with E-state index in [1.807, 2.05) is 0 Å². The number of aromatic carboxylic acids is 1. The van der Waals surface area contributed by atoms with Crippen molar-refractivity contribution in [3.05, 3.63) is 29.0 Å². The first-order valence-electron chi connectivity index (χ1n) is 5.19. The molecule has 2 rings (SSSR count). The number of carbonyl (C=O) groups is 2. The number of aryl methyl sites for hydroxylation is 1. The van der Waals surface area contributed by atoms with Crippen LogP contribution >= 0.6 is 0 Å². The van der Waals surface area contributed by atoms with Crippen LogP contribution in [0.2, 0.25) is 0 Å². The quantitative estimate of drug-likeness (QED) is 0.760. The normalized spacial score (nSPS) is 10.6. The molecule has 0 atom stereocenters. The van der Waals surface area contributed by atoms with Crippen molar-refractivity contribution in [3.63, 3.8) is 0 Å². The summed E-state index contributed by atoms with van der Waals surface area (Å²) in [6.07, 6.45) is 0. The summed E-state index contributed by atoms with van der Waals surface area (Å²) >= 11 is 0. The molecule has 1 aromatic heterocycles. The Labute approximate surface area is 102 Å². The highest BCUT2D eigenvalue weighted by Crippen LogP contribution is 2.31. The van der Waals surface area contributed by atoms with E-state index < -0.39 is 11.9 Å². The predicted octanol–water partition coefficient (Wildman–Crippen LogP) is 1.28. The minimum absolute atomic E-state index is 0.0425. The fourth-order valence-electron chi connectivity index (χ4n) is 2.00. The third-order valence-corrected chi connectivity index (χ3v) is 2.77. The molecule has 0 unspecified atom stereocenters. The molecule has 0 radical (unpaired) electrons. The van der Waals surface area contributed by atoms with Crippen LogP contribution in [0.4, 0.5) is 0 Å². The van der Waals surface area contributed by atoms with Gasteiger partial charge in [0.25, 0.3) is 5.91 Å². The summed E-state index contributed by atoms with van der Waals surface area (Å²) < 4.78 is 5.12. The number of hydrogen-bond donors (Lipinski definition) is 3. The van der Waals surface area contributed by atoms with Gasteiger partial charge >= 0.3 is 5.97 Å². The van der Waals surface area contributed by atoms with Crippen molar-refractivity contribution in [1.82, 2.24) is 4.98 Å². The van der Waals surface area contributed by atoms with E-state index in [0.29, 0.717) is 22.3 Å². The van der Waals surface area contributed by atoms with Gasteiger partial charge in [-0.15, -0.1) is 0 Å². The zero-order chi connectivity index (χ0) is 13.4. The van der Waals surface area contributed by atoms with Gasteiger partial charge in [-0.2, -0.15) is 0 Å². The lowest BCUT2D eigenvalue weighted by Gasteiger charge is -2.04. The molecule has 0 aliphatic rings. The number of carbonyl (C=O) groups excluding carboxylic acids is 1. The van der Waals surface area contributed by atoms with E-state index >= 15 is 0 Å². The number of nitrogens with one attached hydrogen (secondary N) is 1. The number of carboxylic acid groups (broad SMARTS) is 1. The Morgan fingerprint density at radius 3 is 2.56 bits per heavy atom. The zero-order valence-electron chi connectivity index (χ0n) is 9.90. The number of nitrogens with two attached hydrogens (primary N) is 1. The maximum atomic E-state index is 11.4. The van der Waals surface area contributed by atoms with Crippen LogP contribution in [-0.4, -0.2) is 29.1 Å². The van der Waals surface area contributed by atoms with Crippen molar-refractivity contribution < 1.29 is 19.4 Å². The van der Waals surface area contributed by atoms with E-state index in [4.69, 9.17) is 15.6 Å². The third-order valence-electron chi connectivity index (χ3n) is 2.77. The lowest BCUT2D eigenvalue weighted by Crippen LogP contribution is -2.11. The van der Waals surface area contributed by atoms with Crippen LogP contribution in [0.15, 0.2) is 12.1 Å². The van der Waals surface area contributed by atoms with Gasteiger partial charge < -0.3 is 20.6 Å². The number of benzene rings is 1. The summed E-state index contributed by atoms with van der Waals surface area (Å²) in [5.74, 6) is -1.34. The van der Waals surface area contributed by atoms with Gasteiger partial charge in [-0.3, -0.25) is 4.79 Å². The van der Waals surface area contributed by atoms with Crippen LogP contribution in [-0.2, 0) is 0 Å². The maximum absolute atomic E-state index is 11.4. The Hall–Kier alpha value is -2.50. The van der Waals surface area contributed by atoms with Crippen molar-refractivity contribution in [3.8, 4) is 5.75 Å². The minimum atomic E-state index is -1.09. The van der Waals surface area contributed by atoms with Gasteiger partial charge in [0.15, 0.2) is 0 Å². The molecule has 4 N–H and O–H groups in total. The number of methoxy groups -OCH3 is 1. The Morgan fingerprint density at radius 1 is 1.39 bits per heavy atom. The molecule has 0 spiro atoms. The standard InChI is InChI=1S/C12H12N2O4/c1-5-9(11(13)15)7-3-6(12(16)17)4-8(18-2)10(7)14-5/h3-4,14H,1-2H3,(H2,13,15)(H,16,17). The molecule has 0 saturated carbocycles. The highest BCUT2D eigenvalue weighted by Gasteiger charge is 2.18. The molecule has 18 heavy (non-hydrogen) atoms. The molecule has 1 amide bonds. The molecule has 1 aromatic carbocycles. The summed E-state index contributed by atoms with van der Waals surface area (Å²) in [6, 6.07) is 2.80. The van der Waals surface area contributed by atoms with E-state index in [9.17, 15) is 9.59 Å². The Bertz CT molecular complexity index is 658. The number of amides is 1. The maximum Gasteiger partial charge on any atom is 0.335 e. The number of aromatic nitrogens is 1. The monoisotopic (exact) mass is 248 g/mol. The second-order valence-electron chi connectivity index (χ2n) is 3.90. The van der Waals surface area contributed by atoms with E-state index in [1.165, 1.54) is 19.2 Å². The Balaban J connectivity index is 2.89. The molecule has 2 aromatic rings. The molecule has 6 nitrogen and oxygen atoms in total. The van der Waals surface area contributed by atoms with Crippen LogP contribution in [0.1, 0.15) is 26.4 Å². The number of H-pyrrole nitrogens is 1. The first-order valence-corrected chi connectivity index (χ1v) is 5.19. The van der Waals surface area contributed by atoms with Gasteiger partial charge in [-0.25, -0.2) is 4.79 Å². The summed E-state index contributed by atoms with van der Waals surface area (Å²) in [5.41, 5.74) is 6.77. The molecule has 0 bridgehead atoms. The van der Waals surface area contributed by atoms with Crippen LogP contribution in [0.3, 0.4) is 0 Å². The highest BCUT2D eigenvalue weighted by molar-refractivity contribution is 6.10. The van der Waals surface area contributed by atoms with Crippen molar-refractivity contribution >= 4 is 22.8 Å². The minimum Gasteiger partial charge on any atom is -0.495 e. The average Bonchev–Trinajstić information content (AvgIpc) is 2.63. The summed E-state index contributed by atoms with van der Waals surface area (Å²) in [4.78, 5) is 25.4. The molecular weight excluding hydrogens is 236 g/mol. The van der Waals surface area contributed by atoms with Gasteiger partial charge in [-0.1, -0.05) is 0 Å². The third kappa shape index (κ3) is 1.67. The lowest BCUT2D eigenvalue weighted by atomic mass is 10.1. The fourth-order valence-corrected chi connectivity index (χ4v) is 2.00. The molecule has 0 fully saturated rings. The summed E-state index contributed by atoms with van der Waals surface area (Å²) in [7, 11) is 1.43. The first kappa shape index (κ1) is 12.0. The van der Waals surface area contributed by atoms with Crippen LogP contribution < -0.4 is 10.5 Å². The summed E-state index contributed by atoms with van der Waals surface area (Å²) in [5, 5.41) is 9.47. The zero-order valence-corrected chi connectivity index (χ0v) is 9.90. The van der Waals surface area contributed by atoms with Gasteiger partial charge in [0.05, 0.1) is 23.8 Å². The predicted molar refractivity (Wildman–Crippen MR) is 65.1 cm³/mol. The average molecular weight is 248 g/mol. The fraction of sp³-hybridized carbons (Fsp3) is 0.167. The van der Waals surface area contributed by atoms with E-state index in [-0.39, 0.29) is 11.1 Å². The van der Waals surface area contributed by atoms with Crippen molar-refractivity contribution in [2.45, 2.75) is 6.92 Å². The van der Waals surface area contributed by atoms with E-state index in [1.54, 1.807) is 6.92 Å². The first-order chi connectivity index (χ1) is 8.45. The van der Waals surface area contributed by atoms with Crippen molar-refractivity contribution in [2.75, 3.05) is 7.11 Å². The molecule has 0 aliphatic heterocycles. The molecule has 6 heteroatoms. The second-order valence-corrected chi connectivity index (χ2v) is 3.90. The number of fused-ring (bicyclic) bond motifs is 1. The Kier molecular flexibility index (Phi) is 2.70. The molecular formula is C12H12N2O4. The highest BCUT2D eigenvalue weighted by atomic mass is 16.5. The van der Waals surface area contributed by atoms with Gasteiger partial charge in [0, 0.05) is 11.1 Å². The largest absolute Gasteiger partial charge is 0.495 e. The van der Waals surface area contributed by atoms with Gasteiger partial charge in [0.1, 0.15) is 5.75 Å². The molecule has 0 saturated heterocycles. The number of aromatic amines is 1. The van der Waals surface area contributed by atoms with Crippen LogP contribution in [0.25, 0.3) is 10.9 Å². The van der Waals surface area contributed by atoms with Gasteiger partial charge in [-0.05, 0) is 19.1 Å². The number of rotatable bonds is 3. The lowest BCUT2D eigenvalue weighted by molar-refractivity contribution is 0.0696. The van der Waals surface area contributed by atoms with Gasteiger partial charge in [0.2, 0.25) is 0 Å². The summed E-state index contributed by atoms with van der Waals surface area (Å²) in [6.45, 7) is 1.69. The number of primary amides is 1. The Morgan fingerprint density at radius 2 is 2.06 bits per heavy atom. The molecule has 1 heterocycles. The molecule has 0 aliphatic carbocycles. The number of carboxylic acids is 1. The SMILES string of the molecule is COc1cc(C(=O)O)cc2c(C(N)=O)c(C)[nH]c12. The smallest absolute Gasteiger partial charge is 0.335 e. The van der Waals surface area contributed by atoms with Crippen molar-refractivity contribution in [1.29, 1.82) is 0 Å². The number of hydrogen-bond acceptors (Lipinski definition) is 3. The van der Waals surface area contributed by atoms with Crippen molar-refractivity contribution in [2.24, 2.45) is 5.73 Å². The van der Waals surface area contributed by atoms with Crippen LogP contribution in [0.5, 0.6) is 5.75 Å². The molecule has 94 valence electrons. The topological polar surface area (TPSA) is 105 Å². The van der Waals surface area contributed by atoms with E-state index in [2.05, 4.69) is 4.98 Å². The van der Waals surface area contributed by atoms with Crippen LogP contribution in [0, 0.1) is 6.92 Å². The number of ether oxygens (including phenoxy) is 1. The second kappa shape index (κ2) is 4.06.